The van der Waals surface area contributed by atoms with Crippen molar-refractivity contribution >= 4 is 0 Å². The molecule has 0 saturated carbocycles. The first kappa shape index (κ1) is 11.6. The van der Waals surface area contributed by atoms with Crippen molar-refractivity contribution in [2.24, 2.45) is 0 Å². The van der Waals surface area contributed by atoms with Gasteiger partial charge < -0.3 is 9.47 Å². The standard InChI is InChI=1S/C14H20O2/c1-11-13(16-14(2,3)15-11)10-9-12-7-5-4-6-8-12/h4-8,11,13H,9-10H2,1-3H3. The maximum absolute atomic E-state index is 5.86. The fraction of sp³-hybridized carbons (Fsp3) is 0.571. The third-order valence-electron chi connectivity index (χ3n) is 2.99. The highest BCUT2D eigenvalue weighted by Crippen LogP contribution is 2.30. The molecule has 1 fully saturated rings. The monoisotopic (exact) mass is 220 g/mol. The van der Waals surface area contributed by atoms with Crippen LogP contribution in [0, 0.1) is 0 Å². The Morgan fingerprint density at radius 3 is 2.38 bits per heavy atom. The van der Waals surface area contributed by atoms with Gasteiger partial charge in [0.05, 0.1) is 12.2 Å². The van der Waals surface area contributed by atoms with Crippen molar-refractivity contribution < 1.29 is 9.47 Å². The van der Waals surface area contributed by atoms with E-state index in [9.17, 15) is 0 Å². The van der Waals surface area contributed by atoms with Crippen LogP contribution in [-0.4, -0.2) is 18.0 Å². The molecule has 0 amide bonds. The van der Waals surface area contributed by atoms with Crippen LogP contribution in [0.4, 0.5) is 0 Å². The van der Waals surface area contributed by atoms with E-state index in [4.69, 9.17) is 9.47 Å². The summed E-state index contributed by atoms with van der Waals surface area (Å²) in [5, 5.41) is 0. The lowest BCUT2D eigenvalue weighted by molar-refractivity contribution is -0.145. The zero-order valence-corrected chi connectivity index (χ0v) is 10.3. The third kappa shape index (κ3) is 2.83. The molecule has 0 aliphatic carbocycles. The molecule has 0 N–H and O–H groups in total. The van der Waals surface area contributed by atoms with Crippen molar-refractivity contribution in [3.05, 3.63) is 35.9 Å². The van der Waals surface area contributed by atoms with Crippen LogP contribution in [0.5, 0.6) is 0 Å². The van der Waals surface area contributed by atoms with Crippen LogP contribution in [0.15, 0.2) is 30.3 Å². The zero-order chi connectivity index (χ0) is 11.6. The summed E-state index contributed by atoms with van der Waals surface area (Å²) >= 11 is 0. The lowest BCUT2D eigenvalue weighted by atomic mass is 10.0. The molecule has 2 atom stereocenters. The third-order valence-corrected chi connectivity index (χ3v) is 2.99. The second-order valence-corrected chi connectivity index (χ2v) is 4.90. The highest BCUT2D eigenvalue weighted by atomic mass is 16.7. The molecule has 2 unspecified atom stereocenters. The Morgan fingerprint density at radius 1 is 1.12 bits per heavy atom. The van der Waals surface area contributed by atoms with E-state index in [1.54, 1.807) is 0 Å². The molecular formula is C14H20O2. The van der Waals surface area contributed by atoms with Crippen molar-refractivity contribution in [3.8, 4) is 0 Å². The van der Waals surface area contributed by atoms with Gasteiger partial charge in [-0.1, -0.05) is 30.3 Å². The molecule has 0 bridgehead atoms. The van der Waals surface area contributed by atoms with Gasteiger partial charge >= 0.3 is 0 Å². The minimum atomic E-state index is -0.416. The Morgan fingerprint density at radius 2 is 1.81 bits per heavy atom. The molecule has 1 aliphatic rings. The van der Waals surface area contributed by atoms with Gasteiger partial charge in [0.15, 0.2) is 5.79 Å². The average molecular weight is 220 g/mol. The van der Waals surface area contributed by atoms with Gasteiger partial charge in [-0.05, 0) is 39.2 Å². The Bertz CT molecular complexity index is 332. The predicted molar refractivity (Wildman–Crippen MR) is 64.3 cm³/mol. The SMILES string of the molecule is CC1OC(C)(C)OC1CCc1ccccc1. The van der Waals surface area contributed by atoms with Crippen LogP contribution >= 0.6 is 0 Å². The molecule has 1 aliphatic heterocycles. The molecule has 1 aromatic rings. The smallest absolute Gasteiger partial charge is 0.163 e. The second kappa shape index (κ2) is 4.56. The van der Waals surface area contributed by atoms with Crippen LogP contribution in [-0.2, 0) is 15.9 Å². The number of hydrogen-bond acceptors (Lipinski definition) is 2. The fourth-order valence-corrected chi connectivity index (χ4v) is 2.26. The van der Waals surface area contributed by atoms with Gasteiger partial charge in [-0.2, -0.15) is 0 Å². The Labute approximate surface area is 97.6 Å². The Balaban J connectivity index is 1.87. The second-order valence-electron chi connectivity index (χ2n) is 4.90. The highest BCUT2D eigenvalue weighted by molar-refractivity contribution is 5.14. The summed E-state index contributed by atoms with van der Waals surface area (Å²) in [6.07, 6.45) is 2.48. The molecule has 1 aromatic carbocycles. The van der Waals surface area contributed by atoms with Gasteiger partial charge in [0.2, 0.25) is 0 Å². The lowest BCUT2D eigenvalue weighted by Gasteiger charge is -2.16. The summed E-state index contributed by atoms with van der Waals surface area (Å²) < 4.78 is 11.6. The van der Waals surface area contributed by atoms with Crippen LogP contribution in [0.1, 0.15) is 32.8 Å². The number of aryl methyl sites for hydroxylation is 1. The van der Waals surface area contributed by atoms with Gasteiger partial charge in [-0.25, -0.2) is 0 Å². The number of benzene rings is 1. The summed E-state index contributed by atoms with van der Waals surface area (Å²) in [4.78, 5) is 0. The number of hydrogen-bond donors (Lipinski definition) is 0. The van der Waals surface area contributed by atoms with Gasteiger partial charge in [-0.3, -0.25) is 0 Å². The number of rotatable bonds is 3. The molecule has 0 aromatic heterocycles. The summed E-state index contributed by atoms with van der Waals surface area (Å²) in [6.45, 7) is 6.04. The fourth-order valence-electron chi connectivity index (χ4n) is 2.26. The van der Waals surface area contributed by atoms with E-state index in [-0.39, 0.29) is 12.2 Å². The van der Waals surface area contributed by atoms with Crippen LogP contribution in [0.25, 0.3) is 0 Å². The molecular weight excluding hydrogens is 200 g/mol. The molecule has 2 nitrogen and oxygen atoms in total. The summed E-state index contributed by atoms with van der Waals surface area (Å²) in [5.41, 5.74) is 1.36. The first-order valence-corrected chi connectivity index (χ1v) is 5.96. The maximum Gasteiger partial charge on any atom is 0.163 e. The molecule has 2 heteroatoms. The quantitative estimate of drug-likeness (QED) is 0.779. The molecule has 88 valence electrons. The van der Waals surface area contributed by atoms with Crippen molar-refractivity contribution in [1.82, 2.24) is 0 Å². The first-order valence-electron chi connectivity index (χ1n) is 5.96. The van der Waals surface area contributed by atoms with E-state index in [1.807, 2.05) is 19.9 Å². The van der Waals surface area contributed by atoms with E-state index in [0.717, 1.165) is 12.8 Å². The van der Waals surface area contributed by atoms with Gasteiger partial charge in [0.25, 0.3) is 0 Å². The molecule has 1 heterocycles. The molecule has 16 heavy (non-hydrogen) atoms. The summed E-state index contributed by atoms with van der Waals surface area (Å²) in [7, 11) is 0. The van der Waals surface area contributed by atoms with E-state index >= 15 is 0 Å². The molecule has 2 rings (SSSR count). The number of ether oxygens (including phenoxy) is 2. The highest BCUT2D eigenvalue weighted by Gasteiger charge is 2.37. The normalized spacial score (nSPS) is 28.2. The zero-order valence-electron chi connectivity index (χ0n) is 10.3. The van der Waals surface area contributed by atoms with Crippen molar-refractivity contribution in [2.45, 2.75) is 51.6 Å². The van der Waals surface area contributed by atoms with E-state index in [0.29, 0.717) is 0 Å². The molecule has 0 spiro atoms. The molecule has 0 radical (unpaired) electrons. The van der Waals surface area contributed by atoms with Gasteiger partial charge in [0.1, 0.15) is 0 Å². The van der Waals surface area contributed by atoms with E-state index in [2.05, 4.69) is 31.2 Å². The van der Waals surface area contributed by atoms with Crippen molar-refractivity contribution in [2.75, 3.05) is 0 Å². The molecule has 1 saturated heterocycles. The largest absolute Gasteiger partial charge is 0.345 e. The Hall–Kier alpha value is -0.860. The first-order chi connectivity index (χ1) is 7.57. The maximum atomic E-state index is 5.86. The van der Waals surface area contributed by atoms with Crippen LogP contribution < -0.4 is 0 Å². The van der Waals surface area contributed by atoms with Crippen molar-refractivity contribution in [1.29, 1.82) is 0 Å². The van der Waals surface area contributed by atoms with Crippen LogP contribution in [0.2, 0.25) is 0 Å². The minimum Gasteiger partial charge on any atom is -0.345 e. The van der Waals surface area contributed by atoms with Crippen molar-refractivity contribution in [3.63, 3.8) is 0 Å². The topological polar surface area (TPSA) is 18.5 Å². The minimum absolute atomic E-state index is 0.193. The van der Waals surface area contributed by atoms with Gasteiger partial charge in [0, 0.05) is 0 Å². The van der Waals surface area contributed by atoms with E-state index in [1.165, 1.54) is 5.56 Å². The predicted octanol–water partition coefficient (Wildman–Crippen LogP) is 3.16. The van der Waals surface area contributed by atoms with E-state index < -0.39 is 5.79 Å². The van der Waals surface area contributed by atoms with Crippen LogP contribution in [0.3, 0.4) is 0 Å². The average Bonchev–Trinajstić information content (AvgIpc) is 2.50. The Kier molecular flexibility index (Phi) is 3.31. The summed E-state index contributed by atoms with van der Waals surface area (Å²) in [5.74, 6) is -0.416. The lowest BCUT2D eigenvalue weighted by Crippen LogP contribution is -2.21. The summed E-state index contributed by atoms with van der Waals surface area (Å²) in [6, 6.07) is 10.5. The van der Waals surface area contributed by atoms with Gasteiger partial charge in [-0.15, -0.1) is 0 Å².